The van der Waals surface area contributed by atoms with E-state index in [9.17, 15) is 63.0 Å². The molecule has 0 saturated carbocycles. The lowest BCUT2D eigenvalue weighted by Gasteiger charge is -2.31. The summed E-state index contributed by atoms with van der Waals surface area (Å²) in [6.45, 7) is 6.44. The molecule has 2 aliphatic heterocycles. The maximum Gasteiger partial charge on any atom is 0.245 e. The van der Waals surface area contributed by atoms with Gasteiger partial charge in [-0.3, -0.25) is 67.3 Å². The molecule has 2 saturated heterocycles. The van der Waals surface area contributed by atoms with Crippen LogP contribution >= 0.6 is 11.6 Å². The van der Waals surface area contributed by atoms with Crippen molar-refractivity contribution in [3.05, 3.63) is 113 Å². The van der Waals surface area contributed by atoms with Crippen molar-refractivity contribution in [1.82, 2.24) is 63.4 Å². The topological polar surface area (TPSA) is 488 Å². The normalized spacial score (nSPS) is 19.2. The van der Waals surface area contributed by atoms with Crippen molar-refractivity contribution < 1.29 is 72.5 Å². The molecule has 0 aliphatic carbocycles. The SMILES string of the molecule is CCCCC1C[C@H](C(=O)N[C@@H](CO)C(=O)N[C@@H](Cc2ccc(O)cc2)C(=O)N[C@H](Cc2ccc3ccccc3c2)C(=O)N[C@H](CC(C)C)C(=O)N[C@@H](CCCN=C(N)N)C(=O)N2CCC[C@H]2C(=O)N[C@H](C)C(N)=O)NC(=O)CNC(=O)CC[C@H](NC(C)=O)C(=O)N[C@H](Cc2ccc(Cl)cc2)C(=O)N1. The molecule has 4 aromatic carbocycles. The largest absolute Gasteiger partial charge is 0.508 e. The third-order valence-electron chi connectivity index (χ3n) is 17.4. The Balaban J connectivity index is 1.30. The second kappa shape index (κ2) is 40.3. The predicted molar refractivity (Wildman–Crippen MR) is 382 cm³/mol. The molecular formula is C71H97ClN16O15. The van der Waals surface area contributed by atoms with Gasteiger partial charge in [0.15, 0.2) is 5.96 Å². The molecule has 0 aromatic heterocycles. The summed E-state index contributed by atoms with van der Waals surface area (Å²) in [5.41, 5.74) is 18.1. The van der Waals surface area contributed by atoms with Crippen LogP contribution in [0.5, 0.6) is 5.75 Å². The molecule has 13 amide bonds. The number of aliphatic hydroxyl groups excluding tert-OH is 1. The number of carbonyl (C=O) groups is 13. The average molecular weight is 1450 g/mol. The van der Waals surface area contributed by atoms with E-state index in [2.05, 4.69) is 63.5 Å². The molecule has 31 nitrogen and oxygen atoms in total. The number of hydrogen-bond donors (Lipinski definition) is 16. The zero-order valence-electron chi connectivity index (χ0n) is 58.5. The summed E-state index contributed by atoms with van der Waals surface area (Å²) < 4.78 is 0. The van der Waals surface area contributed by atoms with Crippen molar-refractivity contribution in [3.8, 4) is 5.75 Å². The van der Waals surface area contributed by atoms with Gasteiger partial charge in [-0.1, -0.05) is 112 Å². The highest BCUT2D eigenvalue weighted by atomic mass is 35.5. The zero-order valence-corrected chi connectivity index (χ0v) is 59.3. The summed E-state index contributed by atoms with van der Waals surface area (Å²) >= 11 is 6.17. The fourth-order valence-electron chi connectivity index (χ4n) is 11.9. The lowest BCUT2D eigenvalue weighted by molar-refractivity contribution is -0.142. The Morgan fingerprint density at radius 3 is 1.91 bits per heavy atom. The summed E-state index contributed by atoms with van der Waals surface area (Å²) in [6, 6.07) is 9.94. The molecule has 6 rings (SSSR count). The number of nitrogens with one attached hydrogen (secondary N) is 11. The monoisotopic (exact) mass is 1450 g/mol. The number of carbonyl (C=O) groups excluding carboxylic acids is 13. The molecule has 4 aromatic rings. The van der Waals surface area contributed by atoms with Crippen LogP contribution in [0.4, 0.5) is 0 Å². The maximum atomic E-state index is 15.2. The van der Waals surface area contributed by atoms with Crippen LogP contribution in [0.15, 0.2) is 96.0 Å². The van der Waals surface area contributed by atoms with Crippen LogP contribution in [0.2, 0.25) is 5.02 Å². The molecule has 2 heterocycles. The molecule has 19 N–H and O–H groups in total. The summed E-state index contributed by atoms with van der Waals surface area (Å²) in [6.07, 6.45) is 0.514. The van der Waals surface area contributed by atoms with Crippen molar-refractivity contribution >= 4 is 105 Å². The smallest absolute Gasteiger partial charge is 0.245 e. The number of benzene rings is 4. The van der Waals surface area contributed by atoms with Gasteiger partial charge >= 0.3 is 0 Å². The highest BCUT2D eigenvalue weighted by Gasteiger charge is 2.41. The first-order valence-corrected chi connectivity index (χ1v) is 34.9. The standard InChI is InChI=1S/C71H97ClN16O15/c1-6-7-14-48-36-56(81-60(93)37-77-59(92)28-27-50(79-41(5)90)62(95)84-53(63(96)80-48)33-42-18-23-47(72)24-19-42)67(100)87-57(38-89)68(101)86-54(34-43-20-25-49(91)26-21-43)65(98)85-55(35-44-17-22-45-12-8-9-13-46(45)32-44)66(99)83-52(31-39(2)3)64(97)82-51(15-10-29-76-71(74)75)70(103)88-30-11-16-58(88)69(102)78-40(4)61(73)94/h8-9,12-13,17-26,32,39-40,48,50-58,89,91H,6-7,10-11,14-16,27-31,33-38H2,1-5H3,(H2,73,94)(H,77,92)(H,78,102)(H,79,90)(H,80,96)(H,81,93)(H,82,97)(H,83,99)(H,84,95)(H,85,98)(H,86,101)(H,87,100)(H4,74,75,76)/t40-,48?,50+,51+,52-,53-,54+,55-,56-,57+,58+/m1/s1. The van der Waals surface area contributed by atoms with Gasteiger partial charge in [0.25, 0.3) is 0 Å². The van der Waals surface area contributed by atoms with Gasteiger partial charge in [0.2, 0.25) is 76.8 Å². The molecular weight excluding hydrogens is 1350 g/mol. The van der Waals surface area contributed by atoms with Gasteiger partial charge in [-0.15, -0.1) is 0 Å². The first-order chi connectivity index (χ1) is 49.0. The number of fused-ring (bicyclic) bond motifs is 1. The number of nitrogens with two attached hydrogens (primary N) is 3. The van der Waals surface area contributed by atoms with E-state index in [1.54, 1.807) is 50.2 Å². The number of hydrogen-bond acceptors (Lipinski definition) is 16. The second-order valence-corrected chi connectivity index (χ2v) is 26.7. The van der Waals surface area contributed by atoms with E-state index in [1.807, 2.05) is 37.3 Å². The summed E-state index contributed by atoms with van der Waals surface area (Å²) in [5.74, 6) is -11.2. The Hall–Kier alpha value is -10.4. The van der Waals surface area contributed by atoms with E-state index in [4.69, 9.17) is 28.8 Å². The average Bonchev–Trinajstić information content (AvgIpc) is 1.83. The van der Waals surface area contributed by atoms with Crippen molar-refractivity contribution in [3.63, 3.8) is 0 Å². The molecule has 11 atom stereocenters. The van der Waals surface area contributed by atoms with Crippen LogP contribution in [-0.2, 0) is 81.6 Å². The van der Waals surface area contributed by atoms with Crippen molar-refractivity contribution in [2.24, 2.45) is 28.1 Å². The van der Waals surface area contributed by atoms with Crippen molar-refractivity contribution in [2.45, 2.75) is 191 Å². The van der Waals surface area contributed by atoms with Crippen molar-refractivity contribution in [2.75, 3.05) is 26.2 Å². The number of primary amides is 1. The molecule has 558 valence electrons. The Labute approximate surface area is 602 Å². The lowest BCUT2D eigenvalue weighted by atomic mass is 9.98. The minimum Gasteiger partial charge on any atom is -0.508 e. The number of amides is 13. The van der Waals surface area contributed by atoms with Gasteiger partial charge in [0.1, 0.15) is 66.2 Å². The molecule has 0 bridgehead atoms. The Bertz CT molecular complexity index is 3690. The molecule has 32 heteroatoms. The van der Waals surface area contributed by atoms with Gasteiger partial charge < -0.3 is 90.8 Å². The summed E-state index contributed by atoms with van der Waals surface area (Å²) in [7, 11) is 0. The first kappa shape index (κ1) is 81.5. The second-order valence-electron chi connectivity index (χ2n) is 26.3. The minimum atomic E-state index is -1.87. The number of phenols is 1. The number of phenolic OH excluding ortho intramolecular Hbond substituents is 1. The number of nitrogens with zero attached hydrogens (tertiary/aromatic N) is 2. The van der Waals surface area contributed by atoms with Gasteiger partial charge in [-0.25, -0.2) is 0 Å². The fourth-order valence-corrected chi connectivity index (χ4v) is 12.1. The highest BCUT2D eigenvalue weighted by molar-refractivity contribution is 6.30. The van der Waals surface area contributed by atoms with E-state index in [0.717, 1.165) is 10.8 Å². The van der Waals surface area contributed by atoms with E-state index in [1.165, 1.54) is 43.0 Å². The number of unbranched alkanes of at least 4 members (excludes halogenated alkanes) is 1. The van der Waals surface area contributed by atoms with Gasteiger partial charge in [0.05, 0.1) is 13.2 Å². The third-order valence-corrected chi connectivity index (χ3v) is 17.7. The molecule has 0 radical (unpaired) electrons. The van der Waals surface area contributed by atoms with E-state index < -0.39 is 156 Å². The van der Waals surface area contributed by atoms with Crippen LogP contribution in [0.25, 0.3) is 10.8 Å². The number of aliphatic imine (C=N–C) groups is 1. The number of likely N-dealkylation sites (tertiary alicyclic amines) is 1. The van der Waals surface area contributed by atoms with Gasteiger partial charge in [-0.2, -0.15) is 0 Å². The Morgan fingerprint density at radius 2 is 1.28 bits per heavy atom. The number of aliphatic hydroxyl groups is 1. The van der Waals surface area contributed by atoms with Crippen LogP contribution in [0.3, 0.4) is 0 Å². The van der Waals surface area contributed by atoms with Crippen molar-refractivity contribution in [1.29, 1.82) is 0 Å². The van der Waals surface area contributed by atoms with Crippen LogP contribution in [0, 0.1) is 5.92 Å². The number of aromatic hydroxyl groups is 1. The first-order valence-electron chi connectivity index (χ1n) is 34.5. The summed E-state index contributed by atoms with van der Waals surface area (Å²) in [5, 5.41) is 52.4. The molecule has 103 heavy (non-hydrogen) atoms. The van der Waals surface area contributed by atoms with Crippen LogP contribution in [0.1, 0.15) is 122 Å². The Kier molecular flexibility index (Phi) is 31.9. The molecule has 2 fully saturated rings. The Morgan fingerprint density at radius 1 is 0.670 bits per heavy atom. The fraction of sp³-hybridized carbons (Fsp3) is 0.493. The molecule has 0 spiro atoms. The number of guanidine groups is 1. The quantitative estimate of drug-likeness (QED) is 0.0166. The van der Waals surface area contributed by atoms with E-state index in [-0.39, 0.29) is 101 Å². The summed E-state index contributed by atoms with van der Waals surface area (Å²) in [4.78, 5) is 187. The number of rotatable bonds is 31. The molecule has 1 unspecified atom stereocenters. The minimum absolute atomic E-state index is 0.000472. The van der Waals surface area contributed by atoms with E-state index in [0.29, 0.717) is 41.0 Å². The van der Waals surface area contributed by atoms with Crippen LogP contribution in [-0.4, -0.2) is 191 Å². The molecule has 2 aliphatic rings. The predicted octanol–water partition coefficient (Wildman–Crippen LogP) is -0.827. The van der Waals surface area contributed by atoms with Crippen LogP contribution < -0.4 is 75.7 Å². The highest BCUT2D eigenvalue weighted by Crippen LogP contribution is 2.23. The third kappa shape index (κ3) is 26.5. The zero-order chi connectivity index (χ0) is 75.4. The van der Waals surface area contributed by atoms with Gasteiger partial charge in [0, 0.05) is 56.8 Å². The van der Waals surface area contributed by atoms with E-state index >= 15 is 9.59 Å². The lowest BCUT2D eigenvalue weighted by Crippen LogP contribution is -2.61. The van der Waals surface area contributed by atoms with Gasteiger partial charge in [-0.05, 0) is 116 Å². The maximum absolute atomic E-state index is 15.2. The number of halogens is 1.